The highest BCUT2D eigenvalue weighted by molar-refractivity contribution is 5.71. The average Bonchev–Trinajstić information content (AvgIpc) is 3.28. The van der Waals surface area contributed by atoms with E-state index in [1.807, 2.05) is 0 Å². The molecule has 0 amide bonds. The fraction of sp³-hybridized carbons (Fsp3) is 0.949. The van der Waals surface area contributed by atoms with Crippen molar-refractivity contribution >= 4 is 17.9 Å². The summed E-state index contributed by atoms with van der Waals surface area (Å²) in [6, 6.07) is 0. The molecule has 0 rings (SSSR count). The summed E-state index contributed by atoms with van der Waals surface area (Å²) in [6.45, 7) is 11.4. The predicted molar refractivity (Wildman–Crippen MR) is 280 cm³/mol. The van der Waals surface area contributed by atoms with Crippen molar-refractivity contribution in [3.8, 4) is 0 Å². The third-order valence-electron chi connectivity index (χ3n) is 13.5. The molecule has 65 heavy (non-hydrogen) atoms. The van der Waals surface area contributed by atoms with Crippen LogP contribution in [0.3, 0.4) is 0 Å². The van der Waals surface area contributed by atoms with Crippen molar-refractivity contribution in [1.29, 1.82) is 0 Å². The van der Waals surface area contributed by atoms with E-state index in [2.05, 4.69) is 34.6 Å². The van der Waals surface area contributed by atoms with Crippen molar-refractivity contribution in [1.82, 2.24) is 0 Å². The van der Waals surface area contributed by atoms with Crippen LogP contribution >= 0.6 is 0 Å². The van der Waals surface area contributed by atoms with Crippen molar-refractivity contribution in [2.45, 2.75) is 336 Å². The Bertz CT molecular complexity index is 993. The van der Waals surface area contributed by atoms with Crippen LogP contribution in [0, 0.1) is 11.8 Å². The summed E-state index contributed by atoms with van der Waals surface area (Å²) in [4.78, 5) is 37.8. The van der Waals surface area contributed by atoms with Crippen LogP contribution in [0.25, 0.3) is 0 Å². The fourth-order valence-electron chi connectivity index (χ4n) is 9.05. The highest BCUT2D eigenvalue weighted by Gasteiger charge is 2.19. The molecule has 0 aromatic heterocycles. The number of carbonyl (C=O) groups is 3. The van der Waals surface area contributed by atoms with E-state index in [0.717, 1.165) is 76.0 Å². The molecule has 0 spiro atoms. The van der Waals surface area contributed by atoms with Crippen LogP contribution < -0.4 is 0 Å². The zero-order valence-corrected chi connectivity index (χ0v) is 44.6. The summed E-state index contributed by atoms with van der Waals surface area (Å²) >= 11 is 0. The van der Waals surface area contributed by atoms with E-state index < -0.39 is 6.10 Å². The summed E-state index contributed by atoms with van der Waals surface area (Å²) in [6.07, 6.45) is 55.7. The largest absolute Gasteiger partial charge is 0.462 e. The molecule has 6 nitrogen and oxygen atoms in total. The van der Waals surface area contributed by atoms with E-state index in [0.29, 0.717) is 19.3 Å². The quantitative estimate of drug-likeness (QED) is 0.0344. The van der Waals surface area contributed by atoms with Crippen molar-refractivity contribution in [3.63, 3.8) is 0 Å². The second-order valence-electron chi connectivity index (χ2n) is 21.2. The molecule has 0 N–H and O–H groups in total. The van der Waals surface area contributed by atoms with Gasteiger partial charge in [0.15, 0.2) is 6.10 Å². The Morgan fingerprint density at radius 1 is 0.292 bits per heavy atom. The Morgan fingerprint density at radius 2 is 0.508 bits per heavy atom. The lowest BCUT2D eigenvalue weighted by atomic mass is 10.0. The summed E-state index contributed by atoms with van der Waals surface area (Å²) in [5.41, 5.74) is 0. The monoisotopic (exact) mass is 919 g/mol. The smallest absolute Gasteiger partial charge is 0.306 e. The Labute approximate surface area is 406 Å². The van der Waals surface area contributed by atoms with Crippen LogP contribution in [0.4, 0.5) is 0 Å². The molecule has 0 aromatic rings. The first-order chi connectivity index (χ1) is 31.7. The molecule has 0 saturated carbocycles. The number of ether oxygens (including phenoxy) is 3. The first-order valence-corrected chi connectivity index (χ1v) is 29.2. The van der Waals surface area contributed by atoms with Gasteiger partial charge in [0.1, 0.15) is 13.2 Å². The molecule has 0 aromatic carbocycles. The zero-order valence-electron chi connectivity index (χ0n) is 44.6. The van der Waals surface area contributed by atoms with Crippen LogP contribution in [-0.4, -0.2) is 37.2 Å². The fourth-order valence-corrected chi connectivity index (χ4v) is 9.05. The number of hydrogen-bond donors (Lipinski definition) is 0. The maximum absolute atomic E-state index is 12.8. The number of hydrogen-bond acceptors (Lipinski definition) is 6. The normalized spacial score (nSPS) is 12.0. The first-order valence-electron chi connectivity index (χ1n) is 29.2. The number of unbranched alkanes of at least 4 members (excludes halogenated alkanes) is 38. The molecule has 1 atom stereocenters. The Hall–Kier alpha value is -1.59. The molecule has 0 aliphatic heterocycles. The van der Waals surface area contributed by atoms with E-state index in [-0.39, 0.29) is 31.1 Å². The Balaban J connectivity index is 4.02. The molecule has 0 aliphatic carbocycles. The summed E-state index contributed by atoms with van der Waals surface area (Å²) < 4.78 is 16.8. The van der Waals surface area contributed by atoms with E-state index in [4.69, 9.17) is 14.2 Å². The molecular weight excluding hydrogens is 805 g/mol. The summed E-state index contributed by atoms with van der Waals surface area (Å²) in [5.74, 6) is 0.863. The molecule has 0 heterocycles. The molecule has 6 heteroatoms. The van der Waals surface area contributed by atoms with Crippen LogP contribution in [0.5, 0.6) is 0 Å². The molecule has 0 fully saturated rings. The lowest BCUT2D eigenvalue weighted by Crippen LogP contribution is -2.30. The highest BCUT2D eigenvalue weighted by Crippen LogP contribution is 2.18. The van der Waals surface area contributed by atoms with Gasteiger partial charge in [-0.2, -0.15) is 0 Å². The van der Waals surface area contributed by atoms with Gasteiger partial charge in [-0.3, -0.25) is 14.4 Å². The highest BCUT2D eigenvalue weighted by atomic mass is 16.6. The van der Waals surface area contributed by atoms with Crippen LogP contribution in [-0.2, 0) is 28.6 Å². The molecule has 0 unspecified atom stereocenters. The molecular formula is C59H114O6. The van der Waals surface area contributed by atoms with Gasteiger partial charge in [0.25, 0.3) is 0 Å². The SMILES string of the molecule is CCCCCCCC(=O)OC[C@@H](COC(=O)CCCCCCCCCCCCCCCCCCCCC(C)C)OC(=O)CCCCCCCCCCCCCCCCCCCCC(C)C. The lowest BCUT2D eigenvalue weighted by Gasteiger charge is -2.18. The van der Waals surface area contributed by atoms with Crippen molar-refractivity contribution in [3.05, 3.63) is 0 Å². The minimum atomic E-state index is -0.760. The number of rotatable bonds is 53. The molecule has 0 saturated heterocycles. The maximum Gasteiger partial charge on any atom is 0.306 e. The molecule has 0 bridgehead atoms. The maximum atomic E-state index is 12.8. The first kappa shape index (κ1) is 63.4. The lowest BCUT2D eigenvalue weighted by molar-refractivity contribution is -0.167. The van der Waals surface area contributed by atoms with Crippen LogP contribution in [0.15, 0.2) is 0 Å². The van der Waals surface area contributed by atoms with Gasteiger partial charge < -0.3 is 14.2 Å². The van der Waals surface area contributed by atoms with E-state index in [1.54, 1.807) is 0 Å². The standard InChI is InChI=1S/C59H114O6/c1-6-7-8-37-44-49-57(60)63-52-56(65-59(62)51-46-41-36-32-28-24-20-16-12-10-14-18-22-26-30-34-39-43-48-55(4)5)53-64-58(61)50-45-40-35-31-27-23-19-15-11-9-13-17-21-25-29-33-38-42-47-54(2)3/h54-56H,6-53H2,1-5H3/t56-/m0/s1. The van der Waals surface area contributed by atoms with Gasteiger partial charge in [0.2, 0.25) is 0 Å². The number of carbonyl (C=O) groups excluding carboxylic acids is 3. The average molecular weight is 920 g/mol. The van der Waals surface area contributed by atoms with Gasteiger partial charge in [-0.25, -0.2) is 0 Å². The van der Waals surface area contributed by atoms with Gasteiger partial charge in [0, 0.05) is 19.3 Å². The van der Waals surface area contributed by atoms with Gasteiger partial charge >= 0.3 is 17.9 Å². The van der Waals surface area contributed by atoms with Crippen LogP contribution in [0.2, 0.25) is 0 Å². The summed E-state index contributed by atoms with van der Waals surface area (Å²) in [5, 5.41) is 0. The third kappa shape index (κ3) is 53.2. The van der Waals surface area contributed by atoms with Gasteiger partial charge in [0.05, 0.1) is 0 Å². The Morgan fingerprint density at radius 3 is 0.754 bits per heavy atom. The Kier molecular flexibility index (Phi) is 50.5. The zero-order chi connectivity index (χ0) is 47.5. The van der Waals surface area contributed by atoms with Crippen molar-refractivity contribution < 1.29 is 28.6 Å². The van der Waals surface area contributed by atoms with Gasteiger partial charge in [-0.15, -0.1) is 0 Å². The molecule has 386 valence electrons. The van der Waals surface area contributed by atoms with Crippen LogP contribution in [0.1, 0.15) is 330 Å². The summed E-state index contributed by atoms with van der Waals surface area (Å²) in [7, 11) is 0. The van der Waals surface area contributed by atoms with Gasteiger partial charge in [-0.05, 0) is 31.1 Å². The third-order valence-corrected chi connectivity index (χ3v) is 13.5. The topological polar surface area (TPSA) is 78.9 Å². The second-order valence-corrected chi connectivity index (χ2v) is 21.2. The van der Waals surface area contributed by atoms with Crippen molar-refractivity contribution in [2.24, 2.45) is 11.8 Å². The molecule has 0 radical (unpaired) electrons. The second kappa shape index (κ2) is 51.8. The predicted octanol–water partition coefficient (Wildman–Crippen LogP) is 19.3. The van der Waals surface area contributed by atoms with E-state index in [1.165, 1.54) is 212 Å². The minimum Gasteiger partial charge on any atom is -0.462 e. The number of esters is 3. The minimum absolute atomic E-state index is 0.0637. The van der Waals surface area contributed by atoms with E-state index in [9.17, 15) is 14.4 Å². The van der Waals surface area contributed by atoms with Crippen molar-refractivity contribution in [2.75, 3.05) is 13.2 Å². The van der Waals surface area contributed by atoms with Gasteiger partial charge in [-0.1, -0.05) is 291 Å². The van der Waals surface area contributed by atoms with E-state index >= 15 is 0 Å². The molecule has 0 aliphatic rings.